The van der Waals surface area contributed by atoms with Crippen molar-refractivity contribution in [1.29, 1.82) is 0 Å². The molecule has 0 bridgehead atoms. The zero-order valence-corrected chi connectivity index (χ0v) is 9.07. The van der Waals surface area contributed by atoms with Gasteiger partial charge in [-0.15, -0.1) is 0 Å². The van der Waals surface area contributed by atoms with E-state index in [1.165, 1.54) is 0 Å². The van der Waals surface area contributed by atoms with Crippen LogP contribution in [0.25, 0.3) is 0 Å². The highest BCUT2D eigenvalue weighted by Gasteiger charge is 2.21. The summed E-state index contributed by atoms with van der Waals surface area (Å²) in [4.78, 5) is 18.1. The molecule has 80 valence electrons. The first-order valence-electron chi connectivity index (χ1n) is 5.57. The predicted molar refractivity (Wildman–Crippen MR) is 59.8 cm³/mol. The summed E-state index contributed by atoms with van der Waals surface area (Å²) in [6.45, 7) is 2.88. The number of fused-ring (bicyclic) bond motifs is 1. The van der Waals surface area contributed by atoms with Gasteiger partial charge in [-0.25, -0.2) is 0 Å². The number of carbonyl (C=O) groups excluding carboxylic acids is 1. The fourth-order valence-electron chi connectivity index (χ4n) is 2.00. The van der Waals surface area contributed by atoms with E-state index in [0.717, 1.165) is 37.2 Å². The molecule has 3 heteroatoms. The number of aromatic nitrogens is 1. The normalized spacial score (nSPS) is 14.9. The lowest BCUT2D eigenvalue weighted by atomic mass is 10.1. The lowest BCUT2D eigenvalue weighted by Gasteiger charge is -2.28. The van der Waals surface area contributed by atoms with Crippen molar-refractivity contribution in [3.63, 3.8) is 0 Å². The van der Waals surface area contributed by atoms with Crippen molar-refractivity contribution < 1.29 is 4.79 Å². The number of rotatable bonds is 2. The highest BCUT2D eigenvalue weighted by Crippen LogP contribution is 2.25. The van der Waals surface area contributed by atoms with Crippen LogP contribution in [0.3, 0.4) is 0 Å². The third-order valence-corrected chi connectivity index (χ3v) is 2.72. The molecular weight excluding hydrogens is 188 g/mol. The van der Waals surface area contributed by atoms with Crippen molar-refractivity contribution >= 4 is 11.6 Å². The van der Waals surface area contributed by atoms with Crippen molar-refractivity contribution in [3.05, 3.63) is 24.0 Å². The minimum absolute atomic E-state index is 0.228. The molecule has 0 spiro atoms. The zero-order chi connectivity index (χ0) is 10.7. The predicted octanol–water partition coefficient (Wildman–Crippen LogP) is 2.16. The minimum Gasteiger partial charge on any atom is -0.311 e. The van der Waals surface area contributed by atoms with E-state index in [4.69, 9.17) is 0 Å². The summed E-state index contributed by atoms with van der Waals surface area (Å²) in [5.74, 6) is 0.228. The molecule has 2 heterocycles. The first kappa shape index (κ1) is 10.1. The molecule has 0 radical (unpaired) electrons. The zero-order valence-electron chi connectivity index (χ0n) is 9.07. The topological polar surface area (TPSA) is 33.2 Å². The second kappa shape index (κ2) is 4.43. The van der Waals surface area contributed by atoms with Gasteiger partial charge in [-0.1, -0.05) is 6.92 Å². The van der Waals surface area contributed by atoms with Crippen molar-refractivity contribution in [2.75, 3.05) is 11.4 Å². The van der Waals surface area contributed by atoms with Crippen LogP contribution in [0, 0.1) is 0 Å². The minimum atomic E-state index is 0.228. The van der Waals surface area contributed by atoms with Gasteiger partial charge in [0, 0.05) is 19.2 Å². The Labute approximate surface area is 90.1 Å². The molecule has 1 aromatic heterocycles. The molecule has 3 nitrogen and oxygen atoms in total. The molecule has 0 aromatic carbocycles. The molecule has 1 amide bonds. The number of anilines is 1. The van der Waals surface area contributed by atoms with Gasteiger partial charge < -0.3 is 4.90 Å². The molecule has 15 heavy (non-hydrogen) atoms. The third kappa shape index (κ3) is 2.01. The van der Waals surface area contributed by atoms with Gasteiger partial charge in [0.15, 0.2) is 0 Å². The van der Waals surface area contributed by atoms with Gasteiger partial charge in [-0.3, -0.25) is 9.78 Å². The standard InChI is InChI=1S/C12H16N2O/c1-2-5-12(15)14-9-4-6-10-11(14)7-3-8-13-10/h3,7-8H,2,4-6,9H2,1H3. The van der Waals surface area contributed by atoms with Crippen LogP contribution in [0.4, 0.5) is 5.69 Å². The van der Waals surface area contributed by atoms with Crippen molar-refractivity contribution in [2.45, 2.75) is 32.6 Å². The summed E-state index contributed by atoms with van der Waals surface area (Å²) in [5.41, 5.74) is 2.08. The Balaban J connectivity index is 2.25. The molecule has 0 unspecified atom stereocenters. The third-order valence-electron chi connectivity index (χ3n) is 2.72. The molecule has 0 saturated carbocycles. The van der Waals surface area contributed by atoms with Gasteiger partial charge in [-0.05, 0) is 31.4 Å². The smallest absolute Gasteiger partial charge is 0.227 e. The Morgan fingerprint density at radius 2 is 2.47 bits per heavy atom. The van der Waals surface area contributed by atoms with Gasteiger partial charge in [0.05, 0.1) is 11.4 Å². The Kier molecular flexibility index (Phi) is 2.99. The summed E-state index contributed by atoms with van der Waals surface area (Å²) < 4.78 is 0. The lowest BCUT2D eigenvalue weighted by molar-refractivity contribution is -0.118. The van der Waals surface area contributed by atoms with Gasteiger partial charge in [0.25, 0.3) is 0 Å². The van der Waals surface area contributed by atoms with Crippen LogP contribution in [0.2, 0.25) is 0 Å². The van der Waals surface area contributed by atoms with Crippen molar-refractivity contribution in [1.82, 2.24) is 4.98 Å². The summed E-state index contributed by atoms with van der Waals surface area (Å²) in [6, 6.07) is 3.89. The maximum Gasteiger partial charge on any atom is 0.227 e. The van der Waals surface area contributed by atoms with E-state index in [9.17, 15) is 4.79 Å². The lowest BCUT2D eigenvalue weighted by Crippen LogP contribution is -2.35. The Hall–Kier alpha value is -1.38. The first-order chi connectivity index (χ1) is 7.33. The van der Waals surface area contributed by atoms with Crippen LogP contribution in [-0.4, -0.2) is 17.4 Å². The molecule has 1 aromatic rings. The van der Waals surface area contributed by atoms with Gasteiger partial charge in [0.1, 0.15) is 0 Å². The molecule has 2 rings (SSSR count). The average Bonchev–Trinajstić information content (AvgIpc) is 2.28. The van der Waals surface area contributed by atoms with Crippen LogP contribution in [0.5, 0.6) is 0 Å². The van der Waals surface area contributed by atoms with Gasteiger partial charge in [0.2, 0.25) is 5.91 Å². The average molecular weight is 204 g/mol. The summed E-state index contributed by atoms with van der Waals surface area (Å²) in [7, 11) is 0. The van der Waals surface area contributed by atoms with Crippen molar-refractivity contribution in [3.8, 4) is 0 Å². The molecule has 0 N–H and O–H groups in total. The maximum absolute atomic E-state index is 11.9. The second-order valence-electron chi connectivity index (χ2n) is 3.87. The number of hydrogen-bond donors (Lipinski definition) is 0. The molecule has 0 fully saturated rings. The molecular formula is C12H16N2O. The van der Waals surface area contributed by atoms with Crippen LogP contribution < -0.4 is 4.90 Å². The fraction of sp³-hybridized carbons (Fsp3) is 0.500. The van der Waals surface area contributed by atoms with Crippen LogP contribution in [0.15, 0.2) is 18.3 Å². The van der Waals surface area contributed by atoms with Crippen LogP contribution in [-0.2, 0) is 11.2 Å². The van der Waals surface area contributed by atoms with E-state index in [0.29, 0.717) is 6.42 Å². The Bertz CT molecular complexity index is 362. The number of aryl methyl sites for hydroxylation is 1. The highest BCUT2D eigenvalue weighted by atomic mass is 16.2. The maximum atomic E-state index is 11.9. The SMILES string of the molecule is CCCC(=O)N1CCCc2ncccc21. The van der Waals surface area contributed by atoms with E-state index in [2.05, 4.69) is 4.98 Å². The number of amides is 1. The Morgan fingerprint density at radius 3 is 3.27 bits per heavy atom. The highest BCUT2D eigenvalue weighted by molar-refractivity contribution is 5.94. The van der Waals surface area contributed by atoms with Gasteiger partial charge in [-0.2, -0.15) is 0 Å². The molecule has 0 atom stereocenters. The molecule has 0 aliphatic carbocycles. The van der Waals surface area contributed by atoms with Crippen LogP contribution in [0.1, 0.15) is 31.9 Å². The largest absolute Gasteiger partial charge is 0.311 e. The fourth-order valence-corrected chi connectivity index (χ4v) is 2.00. The number of hydrogen-bond acceptors (Lipinski definition) is 2. The Morgan fingerprint density at radius 1 is 1.60 bits per heavy atom. The monoisotopic (exact) mass is 204 g/mol. The molecule has 0 saturated heterocycles. The number of carbonyl (C=O) groups is 1. The van der Waals surface area contributed by atoms with E-state index < -0.39 is 0 Å². The summed E-state index contributed by atoms with van der Waals surface area (Å²) in [6.07, 6.45) is 5.36. The number of nitrogens with zero attached hydrogens (tertiary/aromatic N) is 2. The van der Waals surface area contributed by atoms with Gasteiger partial charge >= 0.3 is 0 Å². The summed E-state index contributed by atoms with van der Waals surface area (Å²) in [5, 5.41) is 0. The van der Waals surface area contributed by atoms with E-state index in [1.807, 2.05) is 24.0 Å². The van der Waals surface area contributed by atoms with Crippen molar-refractivity contribution in [2.24, 2.45) is 0 Å². The van der Waals surface area contributed by atoms with E-state index in [-0.39, 0.29) is 5.91 Å². The number of pyridine rings is 1. The quantitative estimate of drug-likeness (QED) is 0.739. The summed E-state index contributed by atoms with van der Waals surface area (Å²) >= 11 is 0. The van der Waals surface area contributed by atoms with Crippen LogP contribution >= 0.6 is 0 Å². The van der Waals surface area contributed by atoms with E-state index in [1.54, 1.807) is 6.20 Å². The first-order valence-corrected chi connectivity index (χ1v) is 5.57. The van der Waals surface area contributed by atoms with E-state index >= 15 is 0 Å². The molecule has 1 aliphatic rings. The second-order valence-corrected chi connectivity index (χ2v) is 3.87. The molecule has 1 aliphatic heterocycles.